The number of hydrogen-bond acceptors (Lipinski definition) is 3. The summed E-state index contributed by atoms with van der Waals surface area (Å²) < 4.78 is 1.87. The summed E-state index contributed by atoms with van der Waals surface area (Å²) in [5.74, 6) is 1.97. The van der Waals surface area contributed by atoms with E-state index in [-0.39, 0.29) is 5.84 Å². The Labute approximate surface area is 115 Å². The SMILES string of the molecule is CCC1CCCN(c2c(C(=N)N)c(C)nn2C)CC1. The number of nitrogen functional groups attached to an aromatic ring is 1. The van der Waals surface area contributed by atoms with Crippen molar-refractivity contribution in [2.75, 3.05) is 18.0 Å². The van der Waals surface area contributed by atoms with Crippen molar-refractivity contribution in [3.05, 3.63) is 11.3 Å². The Morgan fingerprint density at radius 1 is 1.42 bits per heavy atom. The van der Waals surface area contributed by atoms with Crippen LogP contribution in [0.1, 0.15) is 43.9 Å². The van der Waals surface area contributed by atoms with Gasteiger partial charge in [0.25, 0.3) is 0 Å². The van der Waals surface area contributed by atoms with Gasteiger partial charge in [0.05, 0.1) is 11.3 Å². The topological polar surface area (TPSA) is 70.9 Å². The van der Waals surface area contributed by atoms with Crippen LogP contribution in [0.3, 0.4) is 0 Å². The number of nitrogens with zero attached hydrogens (tertiary/aromatic N) is 3. The van der Waals surface area contributed by atoms with E-state index in [1.807, 2.05) is 18.7 Å². The van der Waals surface area contributed by atoms with Crippen LogP contribution in [-0.2, 0) is 7.05 Å². The van der Waals surface area contributed by atoms with Crippen LogP contribution in [-0.4, -0.2) is 28.7 Å². The summed E-state index contributed by atoms with van der Waals surface area (Å²) >= 11 is 0. The largest absolute Gasteiger partial charge is 0.384 e. The maximum absolute atomic E-state index is 7.78. The minimum Gasteiger partial charge on any atom is -0.384 e. The molecule has 0 amide bonds. The highest BCUT2D eigenvalue weighted by molar-refractivity contribution is 6.00. The van der Waals surface area contributed by atoms with Crippen LogP contribution in [0, 0.1) is 18.3 Å². The molecule has 0 bridgehead atoms. The van der Waals surface area contributed by atoms with Gasteiger partial charge in [0.2, 0.25) is 0 Å². The number of aromatic nitrogens is 2. The first-order valence-electron chi connectivity index (χ1n) is 7.17. The molecule has 1 fully saturated rings. The van der Waals surface area contributed by atoms with Crippen molar-refractivity contribution < 1.29 is 0 Å². The molecular formula is C14H25N5. The maximum Gasteiger partial charge on any atom is 0.137 e. The van der Waals surface area contributed by atoms with E-state index in [4.69, 9.17) is 11.1 Å². The molecule has 1 unspecified atom stereocenters. The first kappa shape index (κ1) is 13.9. The van der Waals surface area contributed by atoms with E-state index in [9.17, 15) is 0 Å². The quantitative estimate of drug-likeness (QED) is 0.647. The molecule has 0 radical (unpaired) electrons. The van der Waals surface area contributed by atoms with Gasteiger partial charge in [0.1, 0.15) is 11.7 Å². The third-order valence-corrected chi connectivity index (χ3v) is 4.19. The molecule has 3 N–H and O–H groups in total. The van der Waals surface area contributed by atoms with Crippen molar-refractivity contribution in [2.45, 2.75) is 39.5 Å². The molecule has 106 valence electrons. The fraction of sp³-hybridized carbons (Fsp3) is 0.714. The van der Waals surface area contributed by atoms with Crippen molar-refractivity contribution in [2.24, 2.45) is 18.7 Å². The Balaban J connectivity index is 2.28. The van der Waals surface area contributed by atoms with Gasteiger partial charge < -0.3 is 10.6 Å². The smallest absolute Gasteiger partial charge is 0.137 e. The molecule has 5 heteroatoms. The second kappa shape index (κ2) is 5.63. The van der Waals surface area contributed by atoms with E-state index in [0.717, 1.165) is 36.1 Å². The second-order valence-corrected chi connectivity index (χ2v) is 5.51. The number of nitrogens with one attached hydrogen (secondary N) is 1. The molecule has 0 spiro atoms. The van der Waals surface area contributed by atoms with Gasteiger partial charge in [-0.1, -0.05) is 13.3 Å². The lowest BCUT2D eigenvalue weighted by Gasteiger charge is -2.24. The minimum absolute atomic E-state index is 0.122. The second-order valence-electron chi connectivity index (χ2n) is 5.51. The van der Waals surface area contributed by atoms with Crippen LogP contribution in [0.15, 0.2) is 0 Å². The molecule has 2 heterocycles. The lowest BCUT2D eigenvalue weighted by Crippen LogP contribution is -2.29. The van der Waals surface area contributed by atoms with Crippen LogP contribution in [0.25, 0.3) is 0 Å². The molecule has 1 aliphatic rings. The molecule has 1 atom stereocenters. The third kappa shape index (κ3) is 2.74. The monoisotopic (exact) mass is 263 g/mol. The van der Waals surface area contributed by atoms with Gasteiger partial charge in [0, 0.05) is 20.1 Å². The van der Waals surface area contributed by atoms with Gasteiger partial charge in [0.15, 0.2) is 0 Å². The highest BCUT2D eigenvalue weighted by Crippen LogP contribution is 2.28. The van der Waals surface area contributed by atoms with E-state index in [1.165, 1.54) is 25.7 Å². The molecule has 1 aliphatic heterocycles. The van der Waals surface area contributed by atoms with Gasteiger partial charge in [-0.05, 0) is 32.1 Å². The molecule has 1 saturated heterocycles. The van der Waals surface area contributed by atoms with E-state index < -0.39 is 0 Å². The fourth-order valence-corrected chi connectivity index (χ4v) is 3.11. The summed E-state index contributed by atoms with van der Waals surface area (Å²) in [6, 6.07) is 0. The molecule has 0 aromatic carbocycles. The number of nitrogens with two attached hydrogens (primary N) is 1. The van der Waals surface area contributed by atoms with Crippen molar-refractivity contribution in [1.82, 2.24) is 9.78 Å². The first-order chi connectivity index (χ1) is 9.04. The van der Waals surface area contributed by atoms with E-state index in [0.29, 0.717) is 0 Å². The zero-order valence-corrected chi connectivity index (χ0v) is 12.2. The molecule has 1 aromatic rings. The summed E-state index contributed by atoms with van der Waals surface area (Å²) in [7, 11) is 1.94. The number of aryl methyl sites for hydroxylation is 2. The Kier molecular flexibility index (Phi) is 4.12. The summed E-state index contributed by atoms with van der Waals surface area (Å²) in [6.45, 7) is 6.27. The van der Waals surface area contributed by atoms with Crippen molar-refractivity contribution in [1.29, 1.82) is 5.41 Å². The van der Waals surface area contributed by atoms with E-state index >= 15 is 0 Å². The third-order valence-electron chi connectivity index (χ3n) is 4.19. The normalized spacial score (nSPS) is 20.4. The van der Waals surface area contributed by atoms with Gasteiger partial charge >= 0.3 is 0 Å². The average Bonchev–Trinajstić information content (AvgIpc) is 2.54. The van der Waals surface area contributed by atoms with Gasteiger partial charge in [-0.15, -0.1) is 0 Å². The van der Waals surface area contributed by atoms with Crippen LogP contribution in [0.4, 0.5) is 5.82 Å². The Morgan fingerprint density at radius 3 is 2.79 bits per heavy atom. The van der Waals surface area contributed by atoms with E-state index in [1.54, 1.807) is 0 Å². The van der Waals surface area contributed by atoms with Crippen LogP contribution < -0.4 is 10.6 Å². The predicted molar refractivity (Wildman–Crippen MR) is 78.8 cm³/mol. The highest BCUT2D eigenvalue weighted by atomic mass is 15.4. The first-order valence-corrected chi connectivity index (χ1v) is 7.17. The number of rotatable bonds is 3. The Hall–Kier alpha value is -1.52. The van der Waals surface area contributed by atoms with Crippen LogP contribution >= 0.6 is 0 Å². The number of hydrogen-bond donors (Lipinski definition) is 2. The average molecular weight is 263 g/mol. The molecule has 1 aromatic heterocycles. The van der Waals surface area contributed by atoms with Gasteiger partial charge in [-0.3, -0.25) is 10.1 Å². The minimum atomic E-state index is 0.122. The zero-order valence-electron chi connectivity index (χ0n) is 12.2. The van der Waals surface area contributed by atoms with Crippen molar-refractivity contribution in [3.63, 3.8) is 0 Å². The predicted octanol–water partition coefficient (Wildman–Crippen LogP) is 2.03. The fourth-order valence-electron chi connectivity index (χ4n) is 3.11. The maximum atomic E-state index is 7.78. The van der Waals surface area contributed by atoms with Gasteiger partial charge in [-0.2, -0.15) is 5.10 Å². The molecule has 19 heavy (non-hydrogen) atoms. The van der Waals surface area contributed by atoms with Crippen molar-refractivity contribution >= 4 is 11.7 Å². The standard InChI is InChI=1S/C14H25N5/c1-4-11-6-5-8-19(9-7-11)14-12(13(15)16)10(2)17-18(14)3/h11H,4-9H2,1-3H3,(H3,15,16). The summed E-state index contributed by atoms with van der Waals surface area (Å²) in [6.07, 6.45) is 5.00. The lowest BCUT2D eigenvalue weighted by atomic mass is 9.98. The number of anilines is 1. The molecular weight excluding hydrogens is 238 g/mol. The summed E-state index contributed by atoms with van der Waals surface area (Å²) in [5, 5.41) is 12.2. The zero-order chi connectivity index (χ0) is 14.0. The van der Waals surface area contributed by atoms with Crippen molar-refractivity contribution in [3.8, 4) is 0 Å². The Morgan fingerprint density at radius 2 is 2.16 bits per heavy atom. The molecule has 0 saturated carbocycles. The van der Waals surface area contributed by atoms with Crippen LogP contribution in [0.2, 0.25) is 0 Å². The highest BCUT2D eigenvalue weighted by Gasteiger charge is 2.23. The van der Waals surface area contributed by atoms with E-state index in [2.05, 4.69) is 16.9 Å². The summed E-state index contributed by atoms with van der Waals surface area (Å²) in [4.78, 5) is 2.35. The molecule has 5 nitrogen and oxygen atoms in total. The number of amidine groups is 1. The summed E-state index contributed by atoms with van der Waals surface area (Å²) in [5.41, 5.74) is 7.38. The lowest BCUT2D eigenvalue weighted by molar-refractivity contribution is 0.459. The molecule has 0 aliphatic carbocycles. The Bertz CT molecular complexity index is 463. The van der Waals surface area contributed by atoms with Crippen LogP contribution in [0.5, 0.6) is 0 Å². The molecule has 2 rings (SSSR count). The van der Waals surface area contributed by atoms with Gasteiger partial charge in [-0.25, -0.2) is 0 Å².